The number of rotatable bonds is 8. The first kappa shape index (κ1) is 22.4. The Kier molecular flexibility index (Phi) is 7.99. The van der Waals surface area contributed by atoms with E-state index in [1.54, 1.807) is 36.5 Å². The van der Waals surface area contributed by atoms with Gasteiger partial charge in [0.05, 0.1) is 18.5 Å². The summed E-state index contributed by atoms with van der Waals surface area (Å²) in [5.41, 5.74) is 2.19. The molecule has 1 aliphatic heterocycles. The van der Waals surface area contributed by atoms with Crippen molar-refractivity contribution in [1.29, 1.82) is 0 Å². The minimum Gasteiger partial charge on any atom is -0.465 e. The summed E-state index contributed by atoms with van der Waals surface area (Å²) in [6, 6.07) is 10.1. The maximum Gasteiger partial charge on any atom is 0.316 e. The first-order valence-corrected chi connectivity index (χ1v) is 11.6. The lowest BCUT2D eigenvalue weighted by molar-refractivity contribution is -0.146. The summed E-state index contributed by atoms with van der Waals surface area (Å²) in [6.07, 6.45) is 5.22. The molecular formula is C23H26N2O3S2. The van der Waals surface area contributed by atoms with Crippen molar-refractivity contribution in [2.24, 2.45) is 10.9 Å². The van der Waals surface area contributed by atoms with Gasteiger partial charge in [-0.1, -0.05) is 47.8 Å². The van der Waals surface area contributed by atoms with Gasteiger partial charge in [-0.3, -0.25) is 14.6 Å². The SMILES string of the molecule is C=CCN=CC1=C(Sc2ccccc2)C2=C(CC1)[C@H](C(=O)OCC)[C@@H](NC(C)=O)S2. The molecule has 1 amide bonds. The maximum absolute atomic E-state index is 12.8. The summed E-state index contributed by atoms with van der Waals surface area (Å²) >= 11 is 3.22. The Hall–Kier alpha value is -2.25. The first-order valence-electron chi connectivity index (χ1n) is 9.95. The summed E-state index contributed by atoms with van der Waals surface area (Å²) in [5.74, 6) is -0.899. The van der Waals surface area contributed by atoms with Crippen LogP contribution in [0.5, 0.6) is 0 Å². The number of hydrogen-bond donors (Lipinski definition) is 1. The highest BCUT2D eigenvalue weighted by molar-refractivity contribution is 8.08. The van der Waals surface area contributed by atoms with Gasteiger partial charge in [-0.15, -0.1) is 6.58 Å². The molecule has 3 rings (SSSR count). The smallest absolute Gasteiger partial charge is 0.316 e. The molecule has 2 atom stereocenters. The Balaban J connectivity index is 2.02. The molecule has 0 saturated heterocycles. The van der Waals surface area contributed by atoms with Crippen LogP contribution < -0.4 is 5.32 Å². The molecular weight excluding hydrogens is 416 g/mol. The standard InChI is InChI=1S/C23H26N2O3S2/c1-4-13-24-14-16-11-12-18-19(23(27)28-5-2)22(25-15(3)26)30-21(18)20(16)29-17-9-7-6-8-10-17/h4,6-10,14,19,22H,1,5,11-13H2,2-3H3,(H,25,26)/t19-,22-/m0/s1. The van der Waals surface area contributed by atoms with Crippen LogP contribution in [0.3, 0.4) is 0 Å². The quantitative estimate of drug-likeness (QED) is 0.358. The average Bonchev–Trinajstić information content (AvgIpc) is 3.08. The molecule has 1 aromatic carbocycles. The molecule has 5 nitrogen and oxygen atoms in total. The number of benzene rings is 1. The number of nitrogens with one attached hydrogen (secondary N) is 1. The van der Waals surface area contributed by atoms with E-state index < -0.39 is 5.92 Å². The molecule has 0 fully saturated rings. The molecule has 0 radical (unpaired) electrons. The van der Waals surface area contributed by atoms with E-state index in [0.717, 1.165) is 38.7 Å². The van der Waals surface area contributed by atoms with E-state index >= 15 is 0 Å². The molecule has 158 valence electrons. The number of esters is 1. The van der Waals surface area contributed by atoms with Gasteiger partial charge in [0, 0.05) is 27.8 Å². The van der Waals surface area contributed by atoms with Crippen LogP contribution in [0.2, 0.25) is 0 Å². The molecule has 0 spiro atoms. The van der Waals surface area contributed by atoms with E-state index in [9.17, 15) is 9.59 Å². The number of amides is 1. The van der Waals surface area contributed by atoms with Gasteiger partial charge < -0.3 is 10.1 Å². The van der Waals surface area contributed by atoms with Gasteiger partial charge >= 0.3 is 5.97 Å². The number of aliphatic imine (C=N–C) groups is 1. The predicted octanol–water partition coefficient (Wildman–Crippen LogP) is 4.73. The van der Waals surface area contributed by atoms with Crippen LogP contribution in [0, 0.1) is 5.92 Å². The lowest BCUT2D eigenvalue weighted by atomic mass is 9.89. The summed E-state index contributed by atoms with van der Waals surface area (Å²) in [4.78, 5) is 32.3. The van der Waals surface area contributed by atoms with Crippen molar-refractivity contribution >= 4 is 41.6 Å². The molecule has 1 aromatic rings. The number of ether oxygens (including phenoxy) is 1. The number of carbonyl (C=O) groups excluding carboxylic acids is 2. The first-order chi connectivity index (χ1) is 14.5. The average molecular weight is 443 g/mol. The van der Waals surface area contributed by atoms with Gasteiger partial charge in [-0.25, -0.2) is 0 Å². The van der Waals surface area contributed by atoms with E-state index in [1.807, 2.05) is 24.4 Å². The molecule has 0 unspecified atom stereocenters. The van der Waals surface area contributed by atoms with Crippen molar-refractivity contribution in [2.45, 2.75) is 37.0 Å². The van der Waals surface area contributed by atoms with Crippen LogP contribution in [0.25, 0.3) is 0 Å². The topological polar surface area (TPSA) is 67.8 Å². The second-order valence-electron chi connectivity index (χ2n) is 6.88. The third-order valence-corrected chi connectivity index (χ3v) is 7.36. The Morgan fingerprint density at radius 3 is 2.77 bits per heavy atom. The van der Waals surface area contributed by atoms with Crippen LogP contribution in [-0.4, -0.2) is 36.6 Å². The predicted molar refractivity (Wildman–Crippen MR) is 124 cm³/mol. The fourth-order valence-electron chi connectivity index (χ4n) is 3.48. The third-order valence-electron chi connectivity index (χ3n) is 4.71. The Morgan fingerprint density at radius 1 is 1.33 bits per heavy atom. The molecule has 30 heavy (non-hydrogen) atoms. The van der Waals surface area contributed by atoms with Crippen LogP contribution in [0.1, 0.15) is 26.7 Å². The zero-order chi connectivity index (χ0) is 21.5. The molecule has 2 aliphatic rings. The van der Waals surface area contributed by atoms with Crippen LogP contribution in [0.15, 0.2) is 73.8 Å². The lowest BCUT2D eigenvalue weighted by Gasteiger charge is -2.22. The zero-order valence-corrected chi connectivity index (χ0v) is 18.9. The van der Waals surface area contributed by atoms with Crippen LogP contribution in [0.4, 0.5) is 0 Å². The minimum absolute atomic E-state index is 0.157. The zero-order valence-electron chi connectivity index (χ0n) is 17.2. The summed E-state index contributed by atoms with van der Waals surface area (Å²) in [5, 5.41) is 2.58. The number of carbonyl (C=O) groups is 2. The Bertz CT molecular complexity index is 906. The Morgan fingerprint density at radius 2 is 2.10 bits per heavy atom. The van der Waals surface area contributed by atoms with Crippen molar-refractivity contribution in [3.8, 4) is 0 Å². The largest absolute Gasteiger partial charge is 0.465 e. The minimum atomic E-state index is -0.466. The van der Waals surface area contributed by atoms with Crippen LogP contribution >= 0.6 is 23.5 Å². The monoisotopic (exact) mass is 442 g/mol. The lowest BCUT2D eigenvalue weighted by Crippen LogP contribution is -2.39. The van der Waals surface area contributed by atoms with Crippen molar-refractivity contribution in [3.63, 3.8) is 0 Å². The maximum atomic E-state index is 12.8. The molecule has 1 heterocycles. The summed E-state index contributed by atoms with van der Waals surface area (Å²) in [6.45, 7) is 7.88. The summed E-state index contributed by atoms with van der Waals surface area (Å²) in [7, 11) is 0. The molecule has 7 heteroatoms. The van der Waals surface area contributed by atoms with Gasteiger partial charge in [0.1, 0.15) is 5.92 Å². The van der Waals surface area contributed by atoms with Gasteiger partial charge in [0.2, 0.25) is 5.91 Å². The van der Waals surface area contributed by atoms with Crippen molar-refractivity contribution in [2.75, 3.05) is 13.2 Å². The van der Waals surface area contributed by atoms with Gasteiger partial charge in [0.25, 0.3) is 0 Å². The molecule has 1 aliphatic carbocycles. The second-order valence-corrected chi connectivity index (χ2v) is 9.11. The number of thioether (sulfide) groups is 2. The van der Waals surface area contributed by atoms with Crippen LogP contribution in [-0.2, 0) is 14.3 Å². The van der Waals surface area contributed by atoms with Crippen molar-refractivity contribution in [3.05, 3.63) is 63.9 Å². The molecule has 0 aromatic heterocycles. The Labute approximate surface area is 186 Å². The highest BCUT2D eigenvalue weighted by Crippen LogP contribution is 2.54. The fraction of sp³-hybridized carbons (Fsp3) is 0.348. The number of allylic oxidation sites excluding steroid dienone is 1. The van der Waals surface area contributed by atoms with E-state index in [4.69, 9.17) is 4.74 Å². The summed E-state index contributed by atoms with van der Waals surface area (Å²) < 4.78 is 5.35. The van der Waals surface area contributed by atoms with E-state index in [1.165, 1.54) is 6.92 Å². The molecule has 0 bridgehead atoms. The van der Waals surface area contributed by atoms with Crippen molar-refractivity contribution in [1.82, 2.24) is 5.32 Å². The molecule has 1 N–H and O–H groups in total. The van der Waals surface area contributed by atoms with E-state index in [-0.39, 0.29) is 17.3 Å². The van der Waals surface area contributed by atoms with Gasteiger partial charge in [0.15, 0.2) is 0 Å². The van der Waals surface area contributed by atoms with Gasteiger partial charge in [-0.05, 0) is 43.0 Å². The van der Waals surface area contributed by atoms with Gasteiger partial charge in [-0.2, -0.15) is 0 Å². The number of hydrogen-bond acceptors (Lipinski definition) is 6. The van der Waals surface area contributed by atoms with Crippen molar-refractivity contribution < 1.29 is 14.3 Å². The highest BCUT2D eigenvalue weighted by Gasteiger charge is 2.44. The van der Waals surface area contributed by atoms with E-state index in [2.05, 4.69) is 29.0 Å². The second kappa shape index (κ2) is 10.7. The fourth-order valence-corrected chi connectivity index (χ4v) is 6.30. The number of nitrogens with zero attached hydrogens (tertiary/aromatic N) is 1. The van der Waals surface area contributed by atoms with E-state index in [0.29, 0.717) is 13.2 Å². The normalized spacial score (nSPS) is 21.0. The third kappa shape index (κ3) is 5.26. The highest BCUT2D eigenvalue weighted by atomic mass is 32.2. The molecule has 0 saturated carbocycles.